The molecule has 0 saturated carbocycles. The fraction of sp³-hybridized carbons (Fsp3) is 0.462. The lowest BCUT2D eigenvalue weighted by molar-refractivity contribution is 0.318. The summed E-state index contributed by atoms with van der Waals surface area (Å²) in [5.74, 6) is 1.38. The second kappa shape index (κ2) is 5.06. The van der Waals surface area contributed by atoms with Gasteiger partial charge in [-0.2, -0.15) is 0 Å². The van der Waals surface area contributed by atoms with Crippen molar-refractivity contribution in [3.05, 3.63) is 28.8 Å². The van der Waals surface area contributed by atoms with Gasteiger partial charge in [-0.25, -0.2) is 0 Å². The van der Waals surface area contributed by atoms with Gasteiger partial charge in [-0.15, -0.1) is 0 Å². The average Bonchev–Trinajstić information content (AvgIpc) is 2.68. The molecule has 4 nitrogen and oxygen atoms in total. The van der Waals surface area contributed by atoms with Crippen molar-refractivity contribution in [3.8, 4) is 0 Å². The molecule has 0 bridgehead atoms. The van der Waals surface area contributed by atoms with Crippen LogP contribution < -0.4 is 10.6 Å². The molecule has 1 saturated heterocycles. The first-order valence-corrected chi connectivity index (χ1v) is 6.43. The van der Waals surface area contributed by atoms with E-state index < -0.39 is 0 Å². The maximum atomic E-state index is 8.85. The molecule has 1 fully saturated rings. The molecule has 18 heavy (non-hydrogen) atoms. The van der Waals surface area contributed by atoms with E-state index >= 15 is 0 Å². The Labute approximate surface area is 112 Å². The summed E-state index contributed by atoms with van der Waals surface area (Å²) in [6.45, 7) is 6.44. The Morgan fingerprint density at radius 3 is 2.56 bits per heavy atom. The fourth-order valence-electron chi connectivity index (χ4n) is 2.37. The van der Waals surface area contributed by atoms with E-state index in [9.17, 15) is 0 Å². The highest BCUT2D eigenvalue weighted by Crippen LogP contribution is 2.31. The third kappa shape index (κ3) is 2.38. The van der Waals surface area contributed by atoms with Crippen molar-refractivity contribution in [1.29, 1.82) is 0 Å². The van der Waals surface area contributed by atoms with E-state index in [1.54, 1.807) is 6.07 Å². The molecule has 3 N–H and O–H groups in total. The number of amidine groups is 1. The number of hydrogen-bond donors (Lipinski definition) is 2. The van der Waals surface area contributed by atoms with Crippen molar-refractivity contribution in [3.63, 3.8) is 0 Å². The SMILES string of the molecule is CC1CN(c2ccc(Cl)cc2C(N)=NO)CC1C. The van der Waals surface area contributed by atoms with Gasteiger partial charge in [0.15, 0.2) is 5.84 Å². The Kier molecular flexibility index (Phi) is 3.66. The van der Waals surface area contributed by atoms with Crippen molar-refractivity contribution in [1.82, 2.24) is 0 Å². The van der Waals surface area contributed by atoms with E-state index in [1.807, 2.05) is 12.1 Å². The zero-order valence-corrected chi connectivity index (χ0v) is 11.4. The van der Waals surface area contributed by atoms with Crippen LogP contribution >= 0.6 is 11.6 Å². The lowest BCUT2D eigenvalue weighted by Crippen LogP contribution is -2.24. The smallest absolute Gasteiger partial charge is 0.172 e. The Bertz CT molecular complexity index is 465. The number of benzene rings is 1. The van der Waals surface area contributed by atoms with Crippen molar-refractivity contribution >= 4 is 23.1 Å². The lowest BCUT2D eigenvalue weighted by atomic mass is 10.0. The summed E-state index contributed by atoms with van der Waals surface area (Å²) >= 11 is 5.97. The van der Waals surface area contributed by atoms with Crippen LogP contribution in [0.15, 0.2) is 23.4 Å². The zero-order valence-electron chi connectivity index (χ0n) is 10.6. The van der Waals surface area contributed by atoms with Crippen LogP contribution in [-0.2, 0) is 0 Å². The quantitative estimate of drug-likeness (QED) is 0.375. The van der Waals surface area contributed by atoms with Gasteiger partial charge < -0.3 is 15.8 Å². The maximum Gasteiger partial charge on any atom is 0.172 e. The second-order valence-corrected chi connectivity index (χ2v) is 5.44. The second-order valence-electron chi connectivity index (χ2n) is 5.01. The molecule has 1 aromatic rings. The summed E-state index contributed by atoms with van der Waals surface area (Å²) in [6, 6.07) is 5.50. The van der Waals surface area contributed by atoms with E-state index in [0.717, 1.165) is 18.8 Å². The van der Waals surface area contributed by atoms with Crippen LogP contribution in [0.3, 0.4) is 0 Å². The van der Waals surface area contributed by atoms with Crippen LogP contribution in [0, 0.1) is 11.8 Å². The first-order valence-electron chi connectivity index (χ1n) is 6.05. The molecule has 2 rings (SSSR count). The number of rotatable bonds is 2. The molecule has 1 aromatic carbocycles. The van der Waals surface area contributed by atoms with Crippen LogP contribution in [0.25, 0.3) is 0 Å². The molecule has 0 aromatic heterocycles. The summed E-state index contributed by atoms with van der Waals surface area (Å²) in [7, 11) is 0. The first-order chi connectivity index (χ1) is 8.52. The summed E-state index contributed by atoms with van der Waals surface area (Å²) in [5, 5.41) is 12.5. The van der Waals surface area contributed by atoms with Crippen molar-refractivity contribution in [2.24, 2.45) is 22.7 Å². The maximum absolute atomic E-state index is 8.85. The summed E-state index contributed by atoms with van der Waals surface area (Å²) in [5.41, 5.74) is 7.38. The monoisotopic (exact) mass is 267 g/mol. The molecule has 1 heterocycles. The number of halogens is 1. The summed E-state index contributed by atoms with van der Waals surface area (Å²) in [4.78, 5) is 2.26. The lowest BCUT2D eigenvalue weighted by Gasteiger charge is -2.21. The number of anilines is 1. The molecule has 1 aliphatic heterocycles. The number of oxime groups is 1. The first kappa shape index (κ1) is 13.0. The number of nitrogens with two attached hydrogens (primary N) is 1. The molecule has 2 unspecified atom stereocenters. The van der Waals surface area contributed by atoms with Gasteiger partial charge in [-0.1, -0.05) is 30.6 Å². The molecule has 1 aliphatic rings. The minimum Gasteiger partial charge on any atom is -0.409 e. The Morgan fingerprint density at radius 2 is 2.00 bits per heavy atom. The van der Waals surface area contributed by atoms with Gasteiger partial charge in [0.2, 0.25) is 0 Å². The Balaban J connectivity index is 2.39. The van der Waals surface area contributed by atoms with Crippen LogP contribution in [-0.4, -0.2) is 24.1 Å². The minimum atomic E-state index is 0.0970. The van der Waals surface area contributed by atoms with Crippen molar-refractivity contribution in [2.75, 3.05) is 18.0 Å². The third-order valence-electron chi connectivity index (χ3n) is 3.67. The standard InChI is InChI=1S/C13H18ClN3O/c1-8-6-17(7-9(8)2)12-4-3-10(14)5-11(12)13(15)16-18/h3-5,8-9,18H,6-7H2,1-2H3,(H2,15,16). The van der Waals surface area contributed by atoms with Crippen molar-refractivity contribution in [2.45, 2.75) is 13.8 Å². The molecule has 98 valence electrons. The van der Waals surface area contributed by atoms with Crippen molar-refractivity contribution < 1.29 is 5.21 Å². The summed E-state index contributed by atoms with van der Waals surface area (Å²) < 4.78 is 0. The van der Waals surface area contributed by atoms with Gasteiger partial charge in [0.25, 0.3) is 0 Å². The van der Waals surface area contributed by atoms with Crippen LogP contribution in [0.5, 0.6) is 0 Å². The Hall–Kier alpha value is -1.42. The van der Waals surface area contributed by atoms with Gasteiger partial charge in [0, 0.05) is 29.4 Å². The van der Waals surface area contributed by atoms with E-state index in [0.29, 0.717) is 22.4 Å². The molecule has 0 aliphatic carbocycles. The highest BCUT2D eigenvalue weighted by molar-refractivity contribution is 6.31. The molecule has 0 spiro atoms. The van der Waals surface area contributed by atoms with E-state index in [1.165, 1.54) is 0 Å². The van der Waals surface area contributed by atoms with Crippen LogP contribution in [0.4, 0.5) is 5.69 Å². The normalized spacial score (nSPS) is 24.6. The highest BCUT2D eigenvalue weighted by atomic mass is 35.5. The van der Waals surface area contributed by atoms with Gasteiger partial charge >= 0.3 is 0 Å². The van der Waals surface area contributed by atoms with Crippen LogP contribution in [0.2, 0.25) is 5.02 Å². The van der Waals surface area contributed by atoms with E-state index in [4.69, 9.17) is 22.5 Å². The molecular formula is C13H18ClN3O. The average molecular weight is 268 g/mol. The van der Waals surface area contributed by atoms with Gasteiger partial charge in [0.05, 0.1) is 0 Å². The fourth-order valence-corrected chi connectivity index (χ4v) is 2.54. The molecule has 0 amide bonds. The van der Waals surface area contributed by atoms with Crippen LogP contribution in [0.1, 0.15) is 19.4 Å². The predicted octanol–water partition coefficient (Wildman–Crippen LogP) is 2.53. The van der Waals surface area contributed by atoms with Gasteiger partial charge in [-0.05, 0) is 30.0 Å². The number of nitrogens with zero attached hydrogens (tertiary/aromatic N) is 2. The molecular weight excluding hydrogens is 250 g/mol. The molecule has 2 atom stereocenters. The summed E-state index contributed by atoms with van der Waals surface area (Å²) in [6.07, 6.45) is 0. The van der Waals surface area contributed by atoms with Gasteiger partial charge in [-0.3, -0.25) is 0 Å². The minimum absolute atomic E-state index is 0.0970. The molecule has 5 heteroatoms. The van der Waals surface area contributed by atoms with E-state index in [-0.39, 0.29) is 5.84 Å². The zero-order chi connectivity index (χ0) is 13.3. The van der Waals surface area contributed by atoms with E-state index in [2.05, 4.69) is 23.9 Å². The topological polar surface area (TPSA) is 61.8 Å². The largest absolute Gasteiger partial charge is 0.409 e. The third-order valence-corrected chi connectivity index (χ3v) is 3.91. The predicted molar refractivity (Wildman–Crippen MR) is 74.5 cm³/mol. The molecule has 0 radical (unpaired) electrons. The highest BCUT2D eigenvalue weighted by Gasteiger charge is 2.28. The Morgan fingerprint density at radius 1 is 1.39 bits per heavy atom. The van der Waals surface area contributed by atoms with Gasteiger partial charge in [0.1, 0.15) is 0 Å². The number of hydrogen-bond acceptors (Lipinski definition) is 3.